The fourth-order valence-electron chi connectivity index (χ4n) is 2.76. The van der Waals surface area contributed by atoms with Crippen molar-refractivity contribution in [2.24, 2.45) is 0 Å². The molecule has 1 aliphatic rings. The number of para-hydroxylation sites is 1. The van der Waals surface area contributed by atoms with Gasteiger partial charge < -0.3 is 19.3 Å². The number of pyridine rings is 1. The van der Waals surface area contributed by atoms with E-state index in [9.17, 15) is 14.7 Å². The number of nitrogens with zero attached hydrogens (tertiary/aromatic N) is 2. The lowest BCUT2D eigenvalue weighted by atomic mass is 10.1. The topological polar surface area (TPSA) is 71.8 Å². The fraction of sp³-hybridized carbons (Fsp3) is 0.333. The number of aromatic nitrogens is 1. The van der Waals surface area contributed by atoms with Gasteiger partial charge >= 0.3 is 0 Å². The number of carbonyl (C=O) groups is 1. The van der Waals surface area contributed by atoms with Crippen molar-refractivity contribution in [3.8, 4) is 5.75 Å². The van der Waals surface area contributed by atoms with E-state index < -0.39 is 5.60 Å². The summed E-state index contributed by atoms with van der Waals surface area (Å²) in [6.45, 7) is 0.774. The molecule has 3 rings (SSSR count). The number of likely N-dealkylation sites (tertiary alicyclic amines) is 1. The van der Waals surface area contributed by atoms with Crippen LogP contribution in [-0.2, 0) is 11.3 Å². The van der Waals surface area contributed by atoms with Crippen molar-refractivity contribution < 1.29 is 14.6 Å². The van der Waals surface area contributed by atoms with Crippen molar-refractivity contribution in [2.75, 3.05) is 19.7 Å². The molecule has 24 heavy (non-hydrogen) atoms. The highest BCUT2D eigenvalue weighted by Gasteiger charge is 2.39. The molecule has 0 aliphatic carbocycles. The molecule has 1 aromatic carbocycles. The molecule has 1 aromatic heterocycles. The highest BCUT2D eigenvalue weighted by atomic mass is 16.5. The van der Waals surface area contributed by atoms with E-state index in [-0.39, 0.29) is 31.2 Å². The number of rotatable bonds is 5. The third-order valence-corrected chi connectivity index (χ3v) is 4.14. The molecular weight excluding hydrogens is 308 g/mol. The summed E-state index contributed by atoms with van der Waals surface area (Å²) in [5, 5.41) is 10.6. The molecule has 0 bridgehead atoms. The number of benzene rings is 1. The zero-order valence-corrected chi connectivity index (χ0v) is 13.3. The van der Waals surface area contributed by atoms with Crippen molar-refractivity contribution in [3.05, 3.63) is 65.1 Å². The number of aliphatic hydroxyl groups is 1. The first kappa shape index (κ1) is 16.3. The monoisotopic (exact) mass is 328 g/mol. The average Bonchev–Trinajstić information content (AvgIpc) is 2.99. The molecule has 0 spiro atoms. The number of hydrogen-bond acceptors (Lipinski definition) is 4. The van der Waals surface area contributed by atoms with Gasteiger partial charge in [-0.3, -0.25) is 9.59 Å². The summed E-state index contributed by atoms with van der Waals surface area (Å²) < 4.78 is 6.98. The van der Waals surface area contributed by atoms with Crippen LogP contribution in [0.15, 0.2) is 59.5 Å². The Balaban J connectivity index is 1.57. The van der Waals surface area contributed by atoms with E-state index in [0.717, 1.165) is 0 Å². The summed E-state index contributed by atoms with van der Waals surface area (Å²) in [6, 6.07) is 14.0. The van der Waals surface area contributed by atoms with Crippen LogP contribution in [0.3, 0.4) is 0 Å². The van der Waals surface area contributed by atoms with E-state index in [1.807, 2.05) is 30.3 Å². The Morgan fingerprint density at radius 2 is 1.92 bits per heavy atom. The molecular formula is C18H20N2O4. The smallest absolute Gasteiger partial charge is 0.250 e. The largest absolute Gasteiger partial charge is 0.491 e. The summed E-state index contributed by atoms with van der Waals surface area (Å²) in [4.78, 5) is 25.6. The Kier molecular flexibility index (Phi) is 4.66. The van der Waals surface area contributed by atoms with Crippen LogP contribution in [-0.4, -0.2) is 45.8 Å². The second kappa shape index (κ2) is 6.88. The molecule has 2 heterocycles. The van der Waals surface area contributed by atoms with E-state index in [2.05, 4.69) is 0 Å². The minimum Gasteiger partial charge on any atom is -0.491 e. The van der Waals surface area contributed by atoms with Crippen molar-refractivity contribution in [2.45, 2.75) is 18.6 Å². The highest BCUT2D eigenvalue weighted by molar-refractivity contribution is 5.76. The lowest BCUT2D eigenvalue weighted by molar-refractivity contribution is -0.132. The standard InChI is InChI=1S/C18H20N2O4/c21-16-8-4-5-10-19(16)12-17(22)20-11-9-18(23,13-20)14-24-15-6-2-1-3-7-15/h1-8,10,23H,9,11-14H2/t18-/m1/s1. The summed E-state index contributed by atoms with van der Waals surface area (Å²) in [5.74, 6) is 0.505. The predicted octanol–water partition coefficient (Wildman–Crippen LogP) is 0.891. The zero-order valence-electron chi connectivity index (χ0n) is 13.3. The SMILES string of the molecule is O=C(Cn1ccccc1=O)N1CC[C@](O)(COc2ccccc2)C1. The molecule has 1 N–H and O–H groups in total. The van der Waals surface area contributed by atoms with Crippen molar-refractivity contribution in [3.63, 3.8) is 0 Å². The van der Waals surface area contributed by atoms with Crippen LogP contribution in [0.1, 0.15) is 6.42 Å². The third kappa shape index (κ3) is 3.83. The van der Waals surface area contributed by atoms with E-state index in [4.69, 9.17) is 4.74 Å². The average molecular weight is 328 g/mol. The lowest BCUT2D eigenvalue weighted by Gasteiger charge is -2.23. The Morgan fingerprint density at radius 3 is 2.67 bits per heavy atom. The van der Waals surface area contributed by atoms with Crippen LogP contribution in [0.25, 0.3) is 0 Å². The molecule has 0 radical (unpaired) electrons. The van der Waals surface area contributed by atoms with Gasteiger partial charge in [-0.15, -0.1) is 0 Å². The van der Waals surface area contributed by atoms with Gasteiger partial charge in [-0.05, 0) is 24.6 Å². The second-order valence-electron chi connectivity index (χ2n) is 6.06. The molecule has 1 aliphatic heterocycles. The maximum Gasteiger partial charge on any atom is 0.250 e. The van der Waals surface area contributed by atoms with E-state index in [1.54, 1.807) is 23.2 Å². The Labute approximate surface area is 139 Å². The minimum atomic E-state index is -1.06. The van der Waals surface area contributed by atoms with Crippen molar-refractivity contribution >= 4 is 5.91 Å². The van der Waals surface area contributed by atoms with Crippen LogP contribution >= 0.6 is 0 Å². The third-order valence-electron chi connectivity index (χ3n) is 4.14. The predicted molar refractivity (Wildman–Crippen MR) is 88.8 cm³/mol. The number of ether oxygens (including phenoxy) is 1. The quantitative estimate of drug-likeness (QED) is 0.885. The van der Waals surface area contributed by atoms with Gasteiger partial charge in [-0.1, -0.05) is 24.3 Å². The van der Waals surface area contributed by atoms with Crippen LogP contribution < -0.4 is 10.3 Å². The number of carbonyl (C=O) groups excluding carboxylic acids is 1. The van der Waals surface area contributed by atoms with E-state index in [1.165, 1.54) is 10.6 Å². The van der Waals surface area contributed by atoms with Gasteiger partial charge in [0.25, 0.3) is 5.56 Å². The summed E-state index contributed by atoms with van der Waals surface area (Å²) in [7, 11) is 0. The Bertz CT molecular complexity index is 759. The fourth-order valence-corrected chi connectivity index (χ4v) is 2.76. The van der Waals surface area contributed by atoms with Crippen LogP contribution in [0.4, 0.5) is 0 Å². The van der Waals surface area contributed by atoms with Gasteiger partial charge in [0, 0.05) is 18.8 Å². The molecule has 6 heteroatoms. The van der Waals surface area contributed by atoms with Crippen LogP contribution in [0, 0.1) is 0 Å². The van der Waals surface area contributed by atoms with E-state index in [0.29, 0.717) is 18.7 Å². The van der Waals surface area contributed by atoms with Crippen molar-refractivity contribution in [1.29, 1.82) is 0 Å². The van der Waals surface area contributed by atoms with Crippen LogP contribution in [0.2, 0.25) is 0 Å². The number of amides is 1. The maximum absolute atomic E-state index is 12.3. The van der Waals surface area contributed by atoms with E-state index >= 15 is 0 Å². The molecule has 1 atom stereocenters. The summed E-state index contributed by atoms with van der Waals surface area (Å²) in [6.07, 6.45) is 2.04. The summed E-state index contributed by atoms with van der Waals surface area (Å²) >= 11 is 0. The molecule has 1 fully saturated rings. The maximum atomic E-state index is 12.3. The van der Waals surface area contributed by atoms with Gasteiger partial charge in [-0.2, -0.15) is 0 Å². The van der Waals surface area contributed by atoms with Gasteiger partial charge in [0.2, 0.25) is 5.91 Å². The Hall–Kier alpha value is -2.60. The van der Waals surface area contributed by atoms with Gasteiger partial charge in [0.05, 0.1) is 6.54 Å². The molecule has 1 saturated heterocycles. The Morgan fingerprint density at radius 1 is 1.17 bits per heavy atom. The first-order chi connectivity index (χ1) is 11.6. The molecule has 126 valence electrons. The summed E-state index contributed by atoms with van der Waals surface area (Å²) in [5.41, 5.74) is -1.28. The minimum absolute atomic E-state index is 0.0186. The first-order valence-corrected chi connectivity index (χ1v) is 7.89. The van der Waals surface area contributed by atoms with Gasteiger partial charge in [-0.25, -0.2) is 0 Å². The zero-order chi connectivity index (χ0) is 17.0. The van der Waals surface area contributed by atoms with Gasteiger partial charge in [0.15, 0.2) is 0 Å². The molecule has 0 unspecified atom stereocenters. The normalized spacial score (nSPS) is 20.1. The first-order valence-electron chi connectivity index (χ1n) is 7.89. The highest BCUT2D eigenvalue weighted by Crippen LogP contribution is 2.23. The number of β-amino-alcohol motifs (C(OH)–C–C–N with tert-alkyl or cyclic N) is 1. The molecule has 6 nitrogen and oxygen atoms in total. The van der Waals surface area contributed by atoms with Crippen molar-refractivity contribution in [1.82, 2.24) is 9.47 Å². The molecule has 1 amide bonds. The molecule has 0 saturated carbocycles. The van der Waals surface area contributed by atoms with Gasteiger partial charge in [0.1, 0.15) is 24.5 Å². The van der Waals surface area contributed by atoms with Crippen LogP contribution in [0.5, 0.6) is 5.75 Å². The lowest BCUT2D eigenvalue weighted by Crippen LogP contribution is -2.42. The second-order valence-corrected chi connectivity index (χ2v) is 6.06. The number of hydrogen-bond donors (Lipinski definition) is 1. The molecule has 2 aromatic rings.